The largest absolute Gasteiger partial charge is 0.224 e. The van der Waals surface area contributed by atoms with E-state index in [1.54, 1.807) is 6.20 Å². The first-order valence-electron chi connectivity index (χ1n) is 3.54. The predicted octanol–water partition coefficient (Wildman–Crippen LogP) is 2.46. The van der Waals surface area contributed by atoms with Crippen molar-refractivity contribution in [2.45, 2.75) is 4.90 Å². The van der Waals surface area contributed by atoms with Gasteiger partial charge in [-0.3, -0.25) is 0 Å². The number of nitriles is 1. The summed E-state index contributed by atoms with van der Waals surface area (Å²) in [5.41, 5.74) is 1.18. The van der Waals surface area contributed by atoms with Crippen LogP contribution in [0.2, 0.25) is 0 Å². The zero-order valence-corrected chi connectivity index (χ0v) is 7.08. The Kier molecular flexibility index (Phi) is 1.77. The second kappa shape index (κ2) is 2.92. The molecule has 0 fully saturated rings. The predicted molar refractivity (Wildman–Crippen MR) is 48.8 cm³/mol. The minimum atomic E-state index is 1.13. The summed E-state index contributed by atoms with van der Waals surface area (Å²) in [5, 5.41) is 8.62. The molecule has 0 saturated carbocycles. The molecule has 0 saturated heterocycles. The number of hydrogen-bond donors (Lipinski definition) is 0. The topological polar surface area (TPSA) is 27.0 Å². The second-order valence-electron chi connectivity index (χ2n) is 2.37. The van der Waals surface area contributed by atoms with E-state index in [1.807, 2.05) is 30.3 Å². The molecule has 0 amide bonds. The summed E-state index contributed by atoms with van der Waals surface area (Å²) < 4.78 is 1.53. The Morgan fingerprint density at radius 1 is 1.33 bits per heavy atom. The fourth-order valence-corrected chi connectivity index (χ4v) is 1.79. The van der Waals surface area contributed by atoms with Crippen molar-refractivity contribution in [3.05, 3.63) is 36.0 Å². The van der Waals surface area contributed by atoms with Crippen LogP contribution in [0.4, 0.5) is 0 Å². The fraction of sp³-hybridized carbons (Fsp3) is 0. The lowest BCUT2D eigenvalue weighted by Crippen LogP contribution is -2.02. The number of hydrogen-bond acceptors (Lipinski definition) is 3. The Bertz CT molecular complexity index is 365. The van der Waals surface area contributed by atoms with Crippen molar-refractivity contribution in [1.82, 2.24) is 4.31 Å². The van der Waals surface area contributed by atoms with E-state index in [0.29, 0.717) is 0 Å². The molecular weight excluding hydrogens is 168 g/mol. The summed E-state index contributed by atoms with van der Waals surface area (Å²) in [6.45, 7) is 0. The van der Waals surface area contributed by atoms with E-state index in [1.165, 1.54) is 21.8 Å². The molecule has 0 unspecified atom stereocenters. The van der Waals surface area contributed by atoms with Crippen molar-refractivity contribution in [2.24, 2.45) is 0 Å². The third-order valence-electron chi connectivity index (χ3n) is 1.60. The Hall–Kier alpha value is -1.40. The van der Waals surface area contributed by atoms with Gasteiger partial charge in [0.1, 0.15) is 0 Å². The highest BCUT2D eigenvalue weighted by molar-refractivity contribution is 7.97. The minimum absolute atomic E-state index is 1.13. The van der Waals surface area contributed by atoms with E-state index in [2.05, 4.69) is 6.19 Å². The van der Waals surface area contributed by atoms with E-state index in [4.69, 9.17) is 5.26 Å². The highest BCUT2D eigenvalue weighted by Gasteiger charge is 2.09. The van der Waals surface area contributed by atoms with Gasteiger partial charge < -0.3 is 0 Å². The smallest absolute Gasteiger partial charge is 0.195 e. The summed E-state index contributed by atoms with van der Waals surface area (Å²) >= 11 is 1.44. The summed E-state index contributed by atoms with van der Waals surface area (Å²) in [7, 11) is 0. The molecule has 58 valence electrons. The Balaban J connectivity index is 2.41. The molecule has 3 heteroatoms. The van der Waals surface area contributed by atoms with Gasteiger partial charge in [-0.1, -0.05) is 18.2 Å². The molecule has 1 aliphatic heterocycles. The average Bonchev–Trinajstić information content (AvgIpc) is 2.17. The number of benzene rings is 1. The maximum Gasteiger partial charge on any atom is 0.195 e. The molecule has 0 N–H and O–H groups in total. The van der Waals surface area contributed by atoms with Crippen LogP contribution in [0.15, 0.2) is 35.4 Å². The molecular formula is C9H6N2S. The van der Waals surface area contributed by atoms with Gasteiger partial charge in [-0.15, -0.1) is 0 Å². The van der Waals surface area contributed by atoms with Crippen LogP contribution >= 0.6 is 11.9 Å². The molecule has 12 heavy (non-hydrogen) atoms. The van der Waals surface area contributed by atoms with Gasteiger partial charge in [-0.25, -0.2) is 4.31 Å². The monoisotopic (exact) mass is 174 g/mol. The molecule has 2 rings (SSSR count). The van der Waals surface area contributed by atoms with Gasteiger partial charge in [-0.2, -0.15) is 5.26 Å². The summed E-state index contributed by atoms with van der Waals surface area (Å²) in [5.74, 6) is 0. The number of nitrogens with zero attached hydrogens (tertiary/aromatic N) is 2. The van der Waals surface area contributed by atoms with Crippen molar-refractivity contribution >= 4 is 18.0 Å². The maximum absolute atomic E-state index is 8.62. The van der Waals surface area contributed by atoms with Crippen LogP contribution in [0.3, 0.4) is 0 Å². The van der Waals surface area contributed by atoms with E-state index >= 15 is 0 Å². The quantitative estimate of drug-likeness (QED) is 0.446. The van der Waals surface area contributed by atoms with Gasteiger partial charge >= 0.3 is 0 Å². The van der Waals surface area contributed by atoms with Crippen molar-refractivity contribution in [2.75, 3.05) is 0 Å². The highest BCUT2D eigenvalue weighted by Crippen LogP contribution is 2.30. The lowest BCUT2D eigenvalue weighted by Gasteiger charge is -2.15. The van der Waals surface area contributed by atoms with Crippen LogP contribution in [-0.4, -0.2) is 4.31 Å². The molecule has 0 atom stereocenters. The molecule has 1 aromatic carbocycles. The highest BCUT2D eigenvalue weighted by atomic mass is 32.2. The summed E-state index contributed by atoms with van der Waals surface area (Å²) in [6.07, 6.45) is 5.76. The number of fused-ring (bicyclic) bond motifs is 1. The van der Waals surface area contributed by atoms with Crippen molar-refractivity contribution in [3.8, 4) is 6.19 Å². The SMILES string of the molecule is N#CN1C=Cc2ccccc2S1. The minimum Gasteiger partial charge on any atom is -0.224 e. The zero-order valence-electron chi connectivity index (χ0n) is 6.27. The Morgan fingerprint density at radius 2 is 2.17 bits per heavy atom. The van der Waals surface area contributed by atoms with Crippen LogP contribution < -0.4 is 0 Å². The van der Waals surface area contributed by atoms with E-state index < -0.39 is 0 Å². The normalized spacial score (nSPS) is 13.8. The van der Waals surface area contributed by atoms with E-state index in [0.717, 1.165) is 4.90 Å². The number of rotatable bonds is 0. The fourth-order valence-electron chi connectivity index (χ4n) is 1.04. The maximum atomic E-state index is 8.62. The molecule has 1 aromatic rings. The molecule has 1 heterocycles. The average molecular weight is 174 g/mol. The molecule has 0 aromatic heterocycles. The van der Waals surface area contributed by atoms with Gasteiger partial charge in [0, 0.05) is 23.0 Å². The zero-order chi connectivity index (χ0) is 8.39. The second-order valence-corrected chi connectivity index (χ2v) is 3.39. The van der Waals surface area contributed by atoms with Crippen LogP contribution in [-0.2, 0) is 0 Å². The van der Waals surface area contributed by atoms with Crippen molar-refractivity contribution in [1.29, 1.82) is 5.26 Å². The van der Waals surface area contributed by atoms with Crippen LogP contribution in [0.1, 0.15) is 5.56 Å². The third kappa shape index (κ3) is 1.17. The molecule has 0 spiro atoms. The Labute approximate surface area is 75.2 Å². The first-order valence-corrected chi connectivity index (χ1v) is 4.31. The molecule has 0 aliphatic carbocycles. The molecule has 1 aliphatic rings. The lowest BCUT2D eigenvalue weighted by atomic mass is 10.2. The summed E-state index contributed by atoms with van der Waals surface area (Å²) in [4.78, 5) is 1.13. The standard InChI is InChI=1S/C9H6N2S/c10-7-11-6-5-8-3-1-2-4-9(8)12-11/h1-6H. The van der Waals surface area contributed by atoms with Gasteiger partial charge in [0.25, 0.3) is 0 Å². The van der Waals surface area contributed by atoms with Crippen molar-refractivity contribution < 1.29 is 0 Å². The van der Waals surface area contributed by atoms with Crippen LogP contribution in [0.5, 0.6) is 0 Å². The van der Waals surface area contributed by atoms with E-state index in [9.17, 15) is 0 Å². The van der Waals surface area contributed by atoms with Crippen molar-refractivity contribution in [3.63, 3.8) is 0 Å². The first-order chi connectivity index (χ1) is 5.90. The first kappa shape index (κ1) is 7.26. The molecule has 2 nitrogen and oxygen atoms in total. The van der Waals surface area contributed by atoms with Gasteiger partial charge in [0.2, 0.25) is 0 Å². The third-order valence-corrected chi connectivity index (χ3v) is 2.57. The molecule has 0 radical (unpaired) electrons. The van der Waals surface area contributed by atoms with Gasteiger partial charge in [0.05, 0.1) is 0 Å². The van der Waals surface area contributed by atoms with Gasteiger partial charge in [-0.05, 0) is 17.7 Å². The van der Waals surface area contributed by atoms with Gasteiger partial charge in [0.15, 0.2) is 6.19 Å². The van der Waals surface area contributed by atoms with E-state index in [-0.39, 0.29) is 0 Å². The molecule has 0 bridgehead atoms. The lowest BCUT2D eigenvalue weighted by molar-refractivity contribution is 0.873. The Morgan fingerprint density at radius 3 is 3.00 bits per heavy atom. The summed E-state index contributed by atoms with van der Waals surface area (Å²) in [6, 6.07) is 8.01. The van der Waals surface area contributed by atoms with Crippen LogP contribution in [0, 0.1) is 11.5 Å². The van der Waals surface area contributed by atoms with Crippen LogP contribution in [0.25, 0.3) is 6.08 Å².